The van der Waals surface area contributed by atoms with Crippen molar-refractivity contribution in [2.45, 2.75) is 26.7 Å². The third kappa shape index (κ3) is 5.01. The molecule has 2 amide bonds. The molecule has 0 bridgehead atoms. The van der Waals surface area contributed by atoms with Crippen molar-refractivity contribution in [1.29, 1.82) is 0 Å². The zero-order valence-electron chi connectivity index (χ0n) is 15.4. The smallest absolute Gasteiger partial charge is 0.285 e. The summed E-state index contributed by atoms with van der Waals surface area (Å²) in [7, 11) is 0. The van der Waals surface area contributed by atoms with Crippen molar-refractivity contribution in [1.82, 2.24) is 15.1 Å². The normalized spacial score (nSPS) is 14.9. The number of nitrogens with zero attached hydrogens (tertiary/aromatic N) is 3. The van der Waals surface area contributed by atoms with E-state index in [4.69, 9.17) is 0 Å². The maximum Gasteiger partial charge on any atom is 0.285 e. The van der Waals surface area contributed by atoms with Gasteiger partial charge in [-0.25, -0.2) is 0 Å². The van der Waals surface area contributed by atoms with E-state index in [-0.39, 0.29) is 23.1 Å². The molecule has 0 aromatic heterocycles. The standard InChI is InChI=1S/C18H26N4O4/c1-3-4-8-19-16(23)13-20-9-11-21(12-10-20)18(24)15-7-5-6-14(2)17(15)22(25)26/h5-7H,3-4,8-13H2,1-2H3,(H,19,23). The SMILES string of the molecule is CCCCNC(=O)CN1CCN(C(=O)c2cccc(C)c2[N+](=O)[O-])CC1. The van der Waals surface area contributed by atoms with Crippen LogP contribution >= 0.6 is 0 Å². The van der Waals surface area contributed by atoms with Crippen LogP contribution in [0.5, 0.6) is 0 Å². The number of nitro benzene ring substituents is 1. The van der Waals surface area contributed by atoms with Crippen LogP contribution in [0.1, 0.15) is 35.7 Å². The van der Waals surface area contributed by atoms with E-state index in [1.807, 2.05) is 4.90 Å². The Morgan fingerprint density at radius 1 is 1.23 bits per heavy atom. The second-order valence-corrected chi connectivity index (χ2v) is 6.50. The Hall–Kier alpha value is -2.48. The van der Waals surface area contributed by atoms with Crippen LogP contribution in [0, 0.1) is 17.0 Å². The van der Waals surface area contributed by atoms with E-state index in [0.717, 1.165) is 12.8 Å². The Morgan fingerprint density at radius 3 is 2.54 bits per heavy atom. The van der Waals surface area contributed by atoms with Crippen molar-refractivity contribution in [2.75, 3.05) is 39.3 Å². The molecule has 1 N–H and O–H groups in total. The van der Waals surface area contributed by atoms with Crippen molar-refractivity contribution in [3.8, 4) is 0 Å². The summed E-state index contributed by atoms with van der Waals surface area (Å²) in [6, 6.07) is 4.79. The largest absolute Gasteiger partial charge is 0.355 e. The first-order valence-corrected chi connectivity index (χ1v) is 8.96. The molecule has 142 valence electrons. The lowest BCUT2D eigenvalue weighted by Gasteiger charge is -2.34. The Labute approximate surface area is 153 Å². The molecule has 0 unspecified atom stereocenters. The minimum absolute atomic E-state index is 0.00690. The number of benzene rings is 1. The van der Waals surface area contributed by atoms with Gasteiger partial charge in [0.05, 0.1) is 11.5 Å². The van der Waals surface area contributed by atoms with Gasteiger partial charge in [0.1, 0.15) is 5.56 Å². The topological polar surface area (TPSA) is 95.8 Å². The number of hydrogen-bond donors (Lipinski definition) is 1. The highest BCUT2D eigenvalue weighted by Crippen LogP contribution is 2.24. The number of carbonyl (C=O) groups excluding carboxylic acids is 2. The summed E-state index contributed by atoms with van der Waals surface area (Å²) in [5.74, 6) is -0.333. The fraction of sp³-hybridized carbons (Fsp3) is 0.556. The Balaban J connectivity index is 1.92. The molecule has 1 fully saturated rings. The number of carbonyl (C=O) groups is 2. The second-order valence-electron chi connectivity index (χ2n) is 6.50. The van der Waals surface area contributed by atoms with E-state index in [2.05, 4.69) is 12.2 Å². The van der Waals surface area contributed by atoms with Crippen LogP contribution in [0.25, 0.3) is 0 Å². The molecule has 0 aliphatic carbocycles. The molecule has 0 spiro atoms. The third-order valence-electron chi connectivity index (χ3n) is 4.53. The van der Waals surface area contributed by atoms with E-state index in [1.165, 1.54) is 6.07 Å². The molecule has 8 heteroatoms. The number of para-hydroxylation sites is 1. The van der Waals surface area contributed by atoms with Gasteiger partial charge in [-0.1, -0.05) is 25.5 Å². The zero-order valence-corrected chi connectivity index (χ0v) is 15.4. The number of unbranched alkanes of at least 4 members (excludes halogenated alkanes) is 1. The molecule has 1 heterocycles. The molecular formula is C18H26N4O4. The first-order valence-electron chi connectivity index (χ1n) is 8.96. The quantitative estimate of drug-likeness (QED) is 0.451. The molecule has 1 aliphatic heterocycles. The van der Waals surface area contributed by atoms with Gasteiger partial charge in [0, 0.05) is 38.3 Å². The molecule has 0 saturated carbocycles. The monoisotopic (exact) mass is 362 g/mol. The summed E-state index contributed by atoms with van der Waals surface area (Å²) in [5.41, 5.74) is 0.472. The first-order chi connectivity index (χ1) is 12.4. The maximum atomic E-state index is 12.7. The summed E-state index contributed by atoms with van der Waals surface area (Å²) in [4.78, 5) is 39.0. The van der Waals surface area contributed by atoms with E-state index >= 15 is 0 Å². The van der Waals surface area contributed by atoms with Gasteiger partial charge < -0.3 is 10.2 Å². The number of nitro groups is 1. The highest BCUT2D eigenvalue weighted by molar-refractivity contribution is 5.98. The predicted molar refractivity (Wildman–Crippen MR) is 98.1 cm³/mol. The Bertz CT molecular complexity index is 669. The van der Waals surface area contributed by atoms with Crippen LogP contribution in [0.2, 0.25) is 0 Å². The average Bonchev–Trinajstić information content (AvgIpc) is 2.61. The minimum atomic E-state index is -0.501. The van der Waals surface area contributed by atoms with Crippen molar-refractivity contribution < 1.29 is 14.5 Å². The van der Waals surface area contributed by atoms with E-state index in [0.29, 0.717) is 44.8 Å². The lowest BCUT2D eigenvalue weighted by Crippen LogP contribution is -2.51. The molecular weight excluding hydrogens is 336 g/mol. The number of nitrogens with one attached hydrogen (secondary N) is 1. The lowest BCUT2D eigenvalue weighted by molar-refractivity contribution is -0.385. The van der Waals surface area contributed by atoms with Gasteiger partial charge in [0.15, 0.2) is 0 Å². The number of hydrogen-bond acceptors (Lipinski definition) is 5. The molecule has 1 aliphatic rings. The molecule has 0 radical (unpaired) electrons. The summed E-state index contributed by atoms with van der Waals surface area (Å²) in [5, 5.41) is 14.2. The van der Waals surface area contributed by atoms with E-state index < -0.39 is 4.92 Å². The molecule has 1 aromatic rings. The summed E-state index contributed by atoms with van der Waals surface area (Å²) >= 11 is 0. The van der Waals surface area contributed by atoms with Gasteiger partial charge in [-0.2, -0.15) is 0 Å². The van der Waals surface area contributed by atoms with Gasteiger partial charge in [0.25, 0.3) is 11.6 Å². The number of amides is 2. The van der Waals surface area contributed by atoms with Gasteiger partial charge in [-0.05, 0) is 19.4 Å². The highest BCUT2D eigenvalue weighted by atomic mass is 16.6. The zero-order chi connectivity index (χ0) is 19.1. The molecule has 0 atom stereocenters. The fourth-order valence-corrected chi connectivity index (χ4v) is 3.02. The summed E-state index contributed by atoms with van der Waals surface area (Å²) in [6.07, 6.45) is 2.00. The number of aryl methyl sites for hydroxylation is 1. The van der Waals surface area contributed by atoms with Crippen molar-refractivity contribution >= 4 is 17.5 Å². The maximum absolute atomic E-state index is 12.7. The van der Waals surface area contributed by atoms with Crippen molar-refractivity contribution in [3.05, 3.63) is 39.4 Å². The fourth-order valence-electron chi connectivity index (χ4n) is 3.02. The number of piperazine rings is 1. The van der Waals surface area contributed by atoms with Gasteiger partial charge in [0.2, 0.25) is 5.91 Å². The molecule has 2 rings (SSSR count). The molecule has 26 heavy (non-hydrogen) atoms. The van der Waals surface area contributed by atoms with Crippen LogP contribution in [-0.2, 0) is 4.79 Å². The Kier molecular flexibility index (Phi) is 7.08. The van der Waals surface area contributed by atoms with Crippen LogP contribution in [0.15, 0.2) is 18.2 Å². The minimum Gasteiger partial charge on any atom is -0.355 e. The first kappa shape index (κ1) is 19.8. The van der Waals surface area contributed by atoms with Crippen LogP contribution in [-0.4, -0.2) is 65.8 Å². The summed E-state index contributed by atoms with van der Waals surface area (Å²) in [6.45, 7) is 6.75. The predicted octanol–water partition coefficient (Wildman–Crippen LogP) is 1.58. The molecule has 8 nitrogen and oxygen atoms in total. The highest BCUT2D eigenvalue weighted by Gasteiger charge is 2.28. The van der Waals surface area contributed by atoms with Gasteiger partial charge >= 0.3 is 0 Å². The van der Waals surface area contributed by atoms with E-state index in [1.54, 1.807) is 24.0 Å². The second kappa shape index (κ2) is 9.28. The van der Waals surface area contributed by atoms with Crippen LogP contribution in [0.4, 0.5) is 5.69 Å². The van der Waals surface area contributed by atoms with Gasteiger partial charge in [-0.3, -0.25) is 24.6 Å². The Morgan fingerprint density at radius 2 is 1.92 bits per heavy atom. The number of rotatable bonds is 7. The van der Waals surface area contributed by atoms with Crippen molar-refractivity contribution in [3.63, 3.8) is 0 Å². The molecule has 1 aromatic carbocycles. The van der Waals surface area contributed by atoms with Gasteiger partial charge in [-0.15, -0.1) is 0 Å². The summed E-state index contributed by atoms with van der Waals surface area (Å²) < 4.78 is 0. The molecule has 1 saturated heterocycles. The van der Waals surface area contributed by atoms with Crippen LogP contribution < -0.4 is 5.32 Å². The lowest BCUT2D eigenvalue weighted by atomic mass is 10.1. The average molecular weight is 362 g/mol. The van der Waals surface area contributed by atoms with Crippen LogP contribution in [0.3, 0.4) is 0 Å². The third-order valence-corrected chi connectivity index (χ3v) is 4.53. The van der Waals surface area contributed by atoms with Crippen molar-refractivity contribution in [2.24, 2.45) is 0 Å². The van der Waals surface area contributed by atoms with E-state index in [9.17, 15) is 19.7 Å².